The largest absolute Gasteiger partial charge is 0.756 e. The zero-order chi connectivity index (χ0) is 28.5. The Bertz CT molecular complexity index is 598. The molecule has 0 radical (unpaired) electrons. The summed E-state index contributed by atoms with van der Waals surface area (Å²) in [6.07, 6.45) is 18.7. The van der Waals surface area contributed by atoms with Crippen molar-refractivity contribution >= 4 is 13.8 Å². The molecule has 0 saturated carbocycles. The maximum absolute atomic E-state index is 12.3. The monoisotopic (exact) mass is 565 g/mol. The number of phosphoric ester groups is 1. The number of carbonyl (C=O) groups is 1. The molecule has 0 bridgehead atoms. The fraction of sp³-hybridized carbons (Fsp3) is 0.966. The van der Waals surface area contributed by atoms with Crippen LogP contribution in [0.5, 0.6) is 0 Å². The van der Waals surface area contributed by atoms with Crippen LogP contribution in [0.25, 0.3) is 0 Å². The normalized spacial score (nSPS) is 14.4. The molecule has 0 heterocycles. The van der Waals surface area contributed by atoms with Crippen LogP contribution in [0, 0.1) is 0 Å². The van der Waals surface area contributed by atoms with Crippen molar-refractivity contribution in [2.45, 2.75) is 129 Å². The molecule has 2 unspecified atom stereocenters. The van der Waals surface area contributed by atoms with Crippen molar-refractivity contribution in [3.63, 3.8) is 0 Å². The second-order valence-electron chi connectivity index (χ2n) is 11.5. The van der Waals surface area contributed by atoms with Gasteiger partial charge in [0.2, 0.25) is 0 Å². The smallest absolute Gasteiger partial charge is 0.306 e. The molecule has 0 N–H and O–H groups in total. The van der Waals surface area contributed by atoms with E-state index in [9.17, 15) is 14.3 Å². The molecule has 2 atom stereocenters. The third-order valence-corrected chi connectivity index (χ3v) is 7.37. The van der Waals surface area contributed by atoms with Gasteiger partial charge in [0, 0.05) is 13.0 Å². The number of phosphoric acid groups is 1. The molecule has 0 fully saturated rings. The highest BCUT2D eigenvalue weighted by Crippen LogP contribution is 2.38. The molecule has 0 saturated heterocycles. The van der Waals surface area contributed by atoms with E-state index in [4.69, 9.17) is 18.5 Å². The van der Waals surface area contributed by atoms with Crippen LogP contribution in [0.15, 0.2) is 0 Å². The fourth-order valence-electron chi connectivity index (χ4n) is 3.96. The molecular formula is C29H60NO7P. The maximum atomic E-state index is 12.3. The average Bonchev–Trinajstić information content (AvgIpc) is 2.84. The Kier molecular flexibility index (Phi) is 24.0. The van der Waals surface area contributed by atoms with Crippen molar-refractivity contribution in [1.82, 2.24) is 0 Å². The lowest BCUT2D eigenvalue weighted by molar-refractivity contribution is -0.870. The molecule has 0 aromatic rings. The first-order valence-electron chi connectivity index (χ1n) is 15.3. The first-order chi connectivity index (χ1) is 18.1. The topological polar surface area (TPSA) is 94.1 Å². The SMILES string of the molecule is CCCCCCCCCCCCCCOCC(COP(=O)([O-])OCC[N+](C)(C)C)OC(=O)CCCCCC. The van der Waals surface area contributed by atoms with E-state index in [1.165, 1.54) is 64.2 Å². The summed E-state index contributed by atoms with van der Waals surface area (Å²) in [6.45, 7) is 5.28. The van der Waals surface area contributed by atoms with Crippen LogP contribution < -0.4 is 4.89 Å². The van der Waals surface area contributed by atoms with E-state index in [-0.39, 0.29) is 25.8 Å². The molecule has 0 aliphatic rings. The van der Waals surface area contributed by atoms with Crippen molar-refractivity contribution in [3.05, 3.63) is 0 Å². The van der Waals surface area contributed by atoms with Gasteiger partial charge in [-0.05, 0) is 12.8 Å². The summed E-state index contributed by atoms with van der Waals surface area (Å²) >= 11 is 0. The maximum Gasteiger partial charge on any atom is 0.306 e. The summed E-state index contributed by atoms with van der Waals surface area (Å²) in [4.78, 5) is 24.4. The lowest BCUT2D eigenvalue weighted by atomic mass is 10.1. The van der Waals surface area contributed by atoms with Crippen LogP contribution in [0.2, 0.25) is 0 Å². The molecule has 0 amide bonds. The van der Waals surface area contributed by atoms with E-state index in [1.807, 2.05) is 21.1 Å². The van der Waals surface area contributed by atoms with Crippen molar-refractivity contribution in [1.29, 1.82) is 0 Å². The molecule has 228 valence electrons. The van der Waals surface area contributed by atoms with Crippen molar-refractivity contribution in [3.8, 4) is 0 Å². The Hall–Kier alpha value is -0.500. The number of likely N-dealkylation sites (N-methyl/N-ethyl adjacent to an activating group) is 1. The zero-order valence-electron chi connectivity index (χ0n) is 25.4. The summed E-state index contributed by atoms with van der Waals surface area (Å²) in [5, 5.41) is 0. The number of ether oxygens (including phenoxy) is 2. The van der Waals surface area contributed by atoms with Gasteiger partial charge in [0.25, 0.3) is 7.82 Å². The number of hydrogen-bond donors (Lipinski definition) is 0. The number of nitrogens with zero attached hydrogens (tertiary/aromatic N) is 1. The van der Waals surface area contributed by atoms with E-state index < -0.39 is 13.9 Å². The lowest BCUT2D eigenvalue weighted by Gasteiger charge is -2.28. The number of esters is 1. The van der Waals surface area contributed by atoms with Gasteiger partial charge in [-0.15, -0.1) is 0 Å². The Labute approximate surface area is 234 Å². The van der Waals surface area contributed by atoms with E-state index in [0.717, 1.165) is 38.5 Å². The number of quaternary nitrogens is 1. The van der Waals surface area contributed by atoms with E-state index in [1.54, 1.807) is 0 Å². The third kappa shape index (κ3) is 27.1. The summed E-state index contributed by atoms with van der Waals surface area (Å²) in [5.41, 5.74) is 0. The molecule has 38 heavy (non-hydrogen) atoms. The van der Waals surface area contributed by atoms with Crippen LogP contribution in [-0.2, 0) is 27.9 Å². The average molecular weight is 566 g/mol. The van der Waals surface area contributed by atoms with Crippen molar-refractivity contribution in [2.75, 3.05) is 54.1 Å². The number of rotatable bonds is 28. The van der Waals surface area contributed by atoms with Crippen LogP contribution >= 0.6 is 7.82 Å². The molecule has 0 aliphatic heterocycles. The molecular weight excluding hydrogens is 505 g/mol. The second-order valence-corrected chi connectivity index (χ2v) is 12.9. The summed E-state index contributed by atoms with van der Waals surface area (Å²) in [6, 6.07) is 0. The third-order valence-electron chi connectivity index (χ3n) is 6.41. The first kappa shape index (κ1) is 37.5. The van der Waals surface area contributed by atoms with Gasteiger partial charge in [-0.1, -0.05) is 104 Å². The first-order valence-corrected chi connectivity index (χ1v) is 16.7. The highest BCUT2D eigenvalue weighted by molar-refractivity contribution is 7.45. The quantitative estimate of drug-likeness (QED) is 0.0446. The van der Waals surface area contributed by atoms with Gasteiger partial charge in [-0.25, -0.2) is 0 Å². The Morgan fingerprint density at radius 1 is 0.711 bits per heavy atom. The van der Waals surface area contributed by atoms with Crippen LogP contribution in [0.3, 0.4) is 0 Å². The molecule has 8 nitrogen and oxygen atoms in total. The summed E-state index contributed by atoms with van der Waals surface area (Å²) in [7, 11) is 1.36. The minimum absolute atomic E-state index is 0.0294. The summed E-state index contributed by atoms with van der Waals surface area (Å²) < 4.78 is 33.9. The lowest BCUT2D eigenvalue weighted by Crippen LogP contribution is -2.37. The molecule has 0 aromatic carbocycles. The van der Waals surface area contributed by atoms with E-state index >= 15 is 0 Å². The van der Waals surface area contributed by atoms with Gasteiger partial charge in [-0.2, -0.15) is 0 Å². The van der Waals surface area contributed by atoms with Crippen molar-refractivity contribution in [2.24, 2.45) is 0 Å². The number of hydrogen-bond acceptors (Lipinski definition) is 7. The molecule has 0 rings (SSSR count). The minimum atomic E-state index is -4.49. The zero-order valence-corrected chi connectivity index (χ0v) is 26.3. The van der Waals surface area contributed by atoms with Crippen molar-refractivity contribution < 1.29 is 37.3 Å². The number of carbonyl (C=O) groups excluding carboxylic acids is 1. The van der Waals surface area contributed by atoms with Gasteiger partial charge in [0.15, 0.2) is 0 Å². The Morgan fingerprint density at radius 2 is 1.21 bits per heavy atom. The highest BCUT2D eigenvalue weighted by atomic mass is 31.2. The standard InChI is InChI=1S/C29H60NO7P/c1-6-8-10-12-13-14-15-16-17-18-19-21-24-34-26-28(37-29(31)22-20-11-9-7-2)27-36-38(32,33)35-25-23-30(3,4)5/h28H,6-27H2,1-5H3. The fourth-order valence-corrected chi connectivity index (χ4v) is 4.68. The van der Waals surface area contributed by atoms with Crippen LogP contribution in [0.4, 0.5) is 0 Å². The van der Waals surface area contributed by atoms with Crippen LogP contribution in [-0.4, -0.2) is 70.7 Å². The number of unbranched alkanes of at least 4 members (excludes halogenated alkanes) is 14. The Balaban J connectivity index is 4.22. The molecule has 9 heteroatoms. The second kappa shape index (κ2) is 24.3. The van der Waals surface area contributed by atoms with Crippen LogP contribution in [0.1, 0.15) is 123 Å². The van der Waals surface area contributed by atoms with Gasteiger partial charge in [-0.3, -0.25) is 9.36 Å². The highest BCUT2D eigenvalue weighted by Gasteiger charge is 2.20. The van der Waals surface area contributed by atoms with E-state index in [2.05, 4.69) is 13.8 Å². The van der Waals surface area contributed by atoms with Gasteiger partial charge in [0.05, 0.1) is 34.4 Å². The molecule has 0 aliphatic carbocycles. The predicted molar refractivity (Wildman–Crippen MR) is 153 cm³/mol. The van der Waals surface area contributed by atoms with Gasteiger partial charge in [0.1, 0.15) is 19.3 Å². The van der Waals surface area contributed by atoms with Gasteiger partial charge >= 0.3 is 5.97 Å². The minimum Gasteiger partial charge on any atom is -0.756 e. The Morgan fingerprint density at radius 3 is 1.74 bits per heavy atom. The predicted octanol–water partition coefficient (Wildman–Crippen LogP) is 6.79. The summed E-state index contributed by atoms with van der Waals surface area (Å²) in [5.74, 6) is -0.352. The molecule has 0 aromatic heterocycles. The van der Waals surface area contributed by atoms with Gasteiger partial charge < -0.3 is 27.9 Å². The van der Waals surface area contributed by atoms with E-state index in [0.29, 0.717) is 24.1 Å². The molecule has 0 spiro atoms.